The Morgan fingerprint density at radius 3 is 2.42 bits per heavy atom. The predicted molar refractivity (Wildman–Crippen MR) is 127 cm³/mol. The minimum atomic E-state index is -0.562. The lowest BCUT2D eigenvalue weighted by atomic mass is 10.1. The molecule has 4 unspecified atom stereocenters. The van der Waals surface area contributed by atoms with E-state index in [4.69, 9.17) is 35.9 Å². The van der Waals surface area contributed by atoms with Gasteiger partial charge in [0.25, 0.3) is 5.17 Å². The van der Waals surface area contributed by atoms with Gasteiger partial charge in [-0.05, 0) is 23.3 Å². The minimum absolute atomic E-state index is 0.273. The Kier molecular flexibility index (Phi) is 8.57. The maximum absolute atomic E-state index is 6.26. The highest BCUT2D eigenvalue weighted by molar-refractivity contribution is 7.80. The summed E-state index contributed by atoms with van der Waals surface area (Å²) in [6, 6.07) is 20.1. The lowest BCUT2D eigenvalue weighted by Gasteiger charge is -2.24. The Morgan fingerprint density at radius 1 is 1.09 bits per heavy atom. The van der Waals surface area contributed by atoms with Crippen LogP contribution >= 0.6 is 12.2 Å². The van der Waals surface area contributed by atoms with Crippen LogP contribution in [0.5, 0.6) is 0 Å². The lowest BCUT2D eigenvalue weighted by Crippen LogP contribution is -2.34. The Balaban J connectivity index is 1.39. The van der Waals surface area contributed by atoms with Gasteiger partial charge in [0.15, 0.2) is 12.4 Å². The third-order valence-electron chi connectivity index (χ3n) is 5.39. The van der Waals surface area contributed by atoms with Crippen LogP contribution in [0.25, 0.3) is 0 Å². The van der Waals surface area contributed by atoms with Gasteiger partial charge in [-0.3, -0.25) is 4.57 Å². The van der Waals surface area contributed by atoms with Crippen LogP contribution in [0.2, 0.25) is 0 Å². The van der Waals surface area contributed by atoms with Gasteiger partial charge in [-0.2, -0.15) is 0 Å². The van der Waals surface area contributed by atoms with E-state index in [1.54, 1.807) is 30.4 Å². The van der Waals surface area contributed by atoms with Gasteiger partial charge in [-0.15, -0.1) is 0 Å². The molecular weight excluding hydrogens is 440 g/mol. The van der Waals surface area contributed by atoms with Crippen molar-refractivity contribution < 1.29 is 23.7 Å². The molecule has 2 aromatic carbocycles. The monoisotopic (exact) mass is 468 g/mol. The van der Waals surface area contributed by atoms with Gasteiger partial charge in [0.2, 0.25) is 0 Å². The molecule has 174 valence electrons. The van der Waals surface area contributed by atoms with Crippen molar-refractivity contribution in [1.29, 1.82) is 0 Å². The number of ether oxygens (including phenoxy) is 5. The Labute approximate surface area is 199 Å². The number of aromatic nitrogens is 2. The molecule has 4 atom stereocenters. The van der Waals surface area contributed by atoms with Crippen LogP contribution in [0.1, 0.15) is 17.5 Å². The zero-order chi connectivity index (χ0) is 22.9. The van der Waals surface area contributed by atoms with Crippen molar-refractivity contribution in [2.45, 2.75) is 44.2 Å². The quantitative estimate of drug-likeness (QED) is 0.417. The number of hydrogen-bond acceptors (Lipinski definition) is 7. The average molecular weight is 469 g/mol. The van der Waals surface area contributed by atoms with Gasteiger partial charge in [-0.1, -0.05) is 60.7 Å². The zero-order valence-corrected chi connectivity index (χ0v) is 19.3. The summed E-state index contributed by atoms with van der Waals surface area (Å²) in [7, 11) is 1.59. The van der Waals surface area contributed by atoms with Gasteiger partial charge < -0.3 is 23.7 Å². The van der Waals surface area contributed by atoms with E-state index in [9.17, 15) is 0 Å². The fraction of sp³-hybridized carbons (Fsp3) is 0.360. The highest BCUT2D eigenvalue weighted by atomic mass is 32.1. The van der Waals surface area contributed by atoms with E-state index in [0.717, 1.165) is 11.1 Å². The summed E-state index contributed by atoms with van der Waals surface area (Å²) in [5.74, 6) is 0. The van der Waals surface area contributed by atoms with Crippen LogP contribution in [0.3, 0.4) is 0 Å². The van der Waals surface area contributed by atoms with E-state index in [1.165, 1.54) is 0 Å². The molecule has 0 bridgehead atoms. The molecule has 2 heterocycles. The molecule has 1 aromatic heterocycles. The molecule has 1 fully saturated rings. The standard InChI is InChI=1S/C25H28N2O5S/c1-28-24-22(32-25(33)27-13-12-26-18-27)14-21(31-24)23(30-16-20-10-6-3-7-11-20)17-29-15-19-8-4-2-5-9-19/h2-13,18,21-24H,14-17H2,1H3. The second-order valence-corrected chi connectivity index (χ2v) is 8.09. The first-order valence-corrected chi connectivity index (χ1v) is 11.3. The molecule has 0 spiro atoms. The predicted octanol–water partition coefficient (Wildman–Crippen LogP) is 3.96. The number of methoxy groups -OCH3 is 1. The number of rotatable bonds is 10. The first-order chi connectivity index (χ1) is 16.2. The normalized spacial score (nSPS) is 21.1. The smallest absolute Gasteiger partial charge is 0.269 e. The van der Waals surface area contributed by atoms with E-state index in [2.05, 4.69) is 4.98 Å². The van der Waals surface area contributed by atoms with Crippen molar-refractivity contribution in [1.82, 2.24) is 9.55 Å². The van der Waals surface area contributed by atoms with E-state index in [-0.39, 0.29) is 18.3 Å². The summed E-state index contributed by atoms with van der Waals surface area (Å²) >= 11 is 5.39. The van der Waals surface area contributed by atoms with Gasteiger partial charge in [-0.25, -0.2) is 4.98 Å². The molecular formula is C25H28N2O5S. The van der Waals surface area contributed by atoms with Gasteiger partial charge in [0.05, 0.1) is 25.9 Å². The Hall–Kier alpha value is -2.62. The Bertz CT molecular complexity index is 971. The van der Waals surface area contributed by atoms with Crippen molar-refractivity contribution in [3.63, 3.8) is 0 Å². The second-order valence-electron chi connectivity index (χ2n) is 7.74. The summed E-state index contributed by atoms with van der Waals surface area (Å²) in [6.07, 6.45) is 4.03. The molecule has 1 aliphatic rings. The van der Waals surface area contributed by atoms with Crippen molar-refractivity contribution in [2.24, 2.45) is 0 Å². The fourth-order valence-corrected chi connectivity index (χ4v) is 3.90. The summed E-state index contributed by atoms with van der Waals surface area (Å²) in [5, 5.41) is 0.297. The molecule has 0 aliphatic carbocycles. The van der Waals surface area contributed by atoms with Crippen molar-refractivity contribution in [3.8, 4) is 0 Å². The van der Waals surface area contributed by atoms with E-state index in [0.29, 0.717) is 31.4 Å². The molecule has 0 radical (unpaired) electrons. The van der Waals surface area contributed by atoms with Crippen LogP contribution in [0.4, 0.5) is 0 Å². The second kappa shape index (κ2) is 12.0. The van der Waals surface area contributed by atoms with Crippen LogP contribution in [0.15, 0.2) is 79.4 Å². The molecule has 8 heteroatoms. The number of benzene rings is 2. The highest BCUT2D eigenvalue weighted by Gasteiger charge is 2.42. The highest BCUT2D eigenvalue weighted by Crippen LogP contribution is 2.28. The molecule has 0 N–H and O–H groups in total. The zero-order valence-electron chi connectivity index (χ0n) is 18.5. The number of imidazole rings is 1. The molecule has 33 heavy (non-hydrogen) atoms. The first-order valence-electron chi connectivity index (χ1n) is 10.9. The van der Waals surface area contributed by atoms with E-state index in [1.807, 2.05) is 60.7 Å². The Morgan fingerprint density at radius 2 is 1.79 bits per heavy atom. The summed E-state index contributed by atoms with van der Waals surface area (Å²) < 4.78 is 31.6. The van der Waals surface area contributed by atoms with Crippen LogP contribution in [-0.4, -0.2) is 53.0 Å². The maximum atomic E-state index is 6.26. The molecule has 1 saturated heterocycles. The van der Waals surface area contributed by atoms with Crippen LogP contribution in [-0.2, 0) is 36.9 Å². The summed E-state index contributed by atoms with van der Waals surface area (Å²) in [4.78, 5) is 4.01. The number of thiocarbonyl (C=S) groups is 1. The minimum Gasteiger partial charge on any atom is -0.462 e. The summed E-state index contributed by atoms with van der Waals surface area (Å²) in [5.41, 5.74) is 2.19. The molecule has 0 amide bonds. The fourth-order valence-electron chi connectivity index (χ4n) is 3.67. The van der Waals surface area contributed by atoms with Gasteiger partial charge in [0.1, 0.15) is 12.4 Å². The molecule has 0 saturated carbocycles. The van der Waals surface area contributed by atoms with Crippen LogP contribution < -0.4 is 0 Å². The third kappa shape index (κ3) is 6.69. The number of hydrogen-bond donors (Lipinski definition) is 0. The van der Waals surface area contributed by atoms with Crippen molar-refractivity contribution in [3.05, 3.63) is 90.5 Å². The van der Waals surface area contributed by atoms with Gasteiger partial charge >= 0.3 is 0 Å². The topological polar surface area (TPSA) is 64.0 Å². The van der Waals surface area contributed by atoms with E-state index < -0.39 is 6.29 Å². The van der Waals surface area contributed by atoms with E-state index >= 15 is 0 Å². The van der Waals surface area contributed by atoms with Gasteiger partial charge in [0, 0.05) is 25.9 Å². The van der Waals surface area contributed by atoms with Crippen LogP contribution in [0, 0.1) is 0 Å². The van der Waals surface area contributed by atoms with Crippen molar-refractivity contribution >= 4 is 17.4 Å². The maximum Gasteiger partial charge on any atom is 0.269 e. The molecule has 7 nitrogen and oxygen atoms in total. The van der Waals surface area contributed by atoms with Crippen molar-refractivity contribution in [2.75, 3.05) is 13.7 Å². The lowest BCUT2D eigenvalue weighted by molar-refractivity contribution is -0.176. The SMILES string of the molecule is COC1OC(C(COCc2ccccc2)OCc2ccccc2)CC1OC(=S)n1ccnc1. The molecule has 1 aliphatic heterocycles. The first kappa shape index (κ1) is 23.5. The largest absolute Gasteiger partial charge is 0.462 e. The summed E-state index contributed by atoms with van der Waals surface area (Å²) in [6.45, 7) is 1.33. The molecule has 4 rings (SSSR count). The molecule has 3 aromatic rings. The third-order valence-corrected chi connectivity index (χ3v) is 5.70. The average Bonchev–Trinajstić information content (AvgIpc) is 3.53. The number of nitrogens with zero attached hydrogens (tertiary/aromatic N) is 2.